The Morgan fingerprint density at radius 1 is 1.33 bits per heavy atom. The normalized spacial score (nSPS) is 18.6. The van der Waals surface area contributed by atoms with Crippen LogP contribution in [0.15, 0.2) is 0 Å². The maximum atomic E-state index is 9.00. The summed E-state index contributed by atoms with van der Waals surface area (Å²) in [6.07, 6.45) is 1.02. The zero-order valence-electron chi connectivity index (χ0n) is 10.8. The van der Waals surface area contributed by atoms with Crippen LogP contribution in [-0.2, 0) is 0 Å². The SMILES string of the molecule is CCC(N)C(SCC(C)CO)C(C)(C)C. The molecule has 0 spiro atoms. The average molecular weight is 233 g/mol. The largest absolute Gasteiger partial charge is 0.396 e. The fourth-order valence-corrected chi connectivity index (χ4v) is 3.13. The standard InChI is InChI=1S/C12H27NOS/c1-6-10(13)11(12(3,4)5)15-8-9(2)7-14/h9-11,14H,6-8,13H2,1-5H3. The smallest absolute Gasteiger partial charge is 0.0464 e. The number of hydrogen-bond acceptors (Lipinski definition) is 3. The molecule has 0 heterocycles. The molecular formula is C12H27NOS. The van der Waals surface area contributed by atoms with Crippen LogP contribution >= 0.6 is 11.8 Å². The Balaban J connectivity index is 4.27. The van der Waals surface area contributed by atoms with Crippen LogP contribution in [0.4, 0.5) is 0 Å². The number of nitrogens with two attached hydrogens (primary N) is 1. The van der Waals surface area contributed by atoms with Crippen molar-refractivity contribution in [2.45, 2.75) is 52.3 Å². The highest BCUT2D eigenvalue weighted by atomic mass is 32.2. The molecule has 3 N–H and O–H groups in total. The van der Waals surface area contributed by atoms with Gasteiger partial charge in [-0.15, -0.1) is 0 Å². The summed E-state index contributed by atoms with van der Waals surface area (Å²) in [6, 6.07) is 0.251. The van der Waals surface area contributed by atoms with Crippen LogP contribution in [0.5, 0.6) is 0 Å². The lowest BCUT2D eigenvalue weighted by Gasteiger charge is -2.35. The first-order chi connectivity index (χ1) is 6.82. The zero-order chi connectivity index (χ0) is 12.1. The maximum Gasteiger partial charge on any atom is 0.0464 e. The number of rotatable bonds is 6. The number of thioether (sulfide) groups is 1. The number of aliphatic hydroxyl groups is 1. The van der Waals surface area contributed by atoms with E-state index in [0.717, 1.165) is 12.2 Å². The van der Waals surface area contributed by atoms with Gasteiger partial charge in [0.25, 0.3) is 0 Å². The molecule has 2 nitrogen and oxygen atoms in total. The van der Waals surface area contributed by atoms with Gasteiger partial charge in [0.05, 0.1) is 0 Å². The van der Waals surface area contributed by atoms with Gasteiger partial charge >= 0.3 is 0 Å². The molecule has 0 rings (SSSR count). The molecule has 0 bridgehead atoms. The second-order valence-corrected chi connectivity index (χ2v) is 6.65. The van der Waals surface area contributed by atoms with Crippen LogP contribution in [0.3, 0.4) is 0 Å². The van der Waals surface area contributed by atoms with E-state index < -0.39 is 0 Å². The van der Waals surface area contributed by atoms with Crippen molar-refractivity contribution in [3.63, 3.8) is 0 Å². The van der Waals surface area contributed by atoms with E-state index in [0.29, 0.717) is 11.2 Å². The van der Waals surface area contributed by atoms with Crippen molar-refractivity contribution < 1.29 is 5.11 Å². The van der Waals surface area contributed by atoms with E-state index in [1.54, 1.807) is 0 Å². The van der Waals surface area contributed by atoms with E-state index >= 15 is 0 Å². The molecule has 0 aromatic carbocycles. The van der Waals surface area contributed by atoms with E-state index in [1.807, 2.05) is 11.8 Å². The van der Waals surface area contributed by atoms with Crippen LogP contribution in [-0.4, -0.2) is 28.8 Å². The maximum absolute atomic E-state index is 9.00. The molecule has 0 radical (unpaired) electrons. The van der Waals surface area contributed by atoms with E-state index in [4.69, 9.17) is 10.8 Å². The number of hydrogen-bond donors (Lipinski definition) is 2. The first kappa shape index (κ1) is 15.3. The van der Waals surface area contributed by atoms with Gasteiger partial charge in [-0.2, -0.15) is 11.8 Å². The molecule has 15 heavy (non-hydrogen) atoms. The Morgan fingerprint density at radius 2 is 1.87 bits per heavy atom. The van der Waals surface area contributed by atoms with Crippen LogP contribution < -0.4 is 5.73 Å². The monoisotopic (exact) mass is 233 g/mol. The van der Waals surface area contributed by atoms with Crippen molar-refractivity contribution in [3.05, 3.63) is 0 Å². The lowest BCUT2D eigenvalue weighted by atomic mass is 9.87. The van der Waals surface area contributed by atoms with Crippen LogP contribution in [0.2, 0.25) is 0 Å². The fraction of sp³-hybridized carbons (Fsp3) is 1.00. The molecule has 3 unspecified atom stereocenters. The summed E-state index contributed by atoms with van der Waals surface area (Å²) < 4.78 is 0. The van der Waals surface area contributed by atoms with Gasteiger partial charge < -0.3 is 10.8 Å². The Bertz CT molecular complexity index is 167. The van der Waals surface area contributed by atoms with Gasteiger partial charge in [0.15, 0.2) is 0 Å². The highest BCUT2D eigenvalue weighted by Crippen LogP contribution is 2.34. The molecule has 0 aliphatic rings. The third-order valence-electron chi connectivity index (χ3n) is 2.59. The second kappa shape index (κ2) is 6.77. The zero-order valence-corrected chi connectivity index (χ0v) is 11.6. The van der Waals surface area contributed by atoms with Crippen molar-refractivity contribution >= 4 is 11.8 Å². The summed E-state index contributed by atoms with van der Waals surface area (Å²) >= 11 is 1.91. The summed E-state index contributed by atoms with van der Waals surface area (Å²) in [4.78, 5) is 0. The van der Waals surface area contributed by atoms with E-state index in [1.165, 1.54) is 0 Å². The Morgan fingerprint density at radius 3 is 2.20 bits per heavy atom. The minimum Gasteiger partial charge on any atom is -0.396 e. The predicted molar refractivity (Wildman–Crippen MR) is 70.2 cm³/mol. The van der Waals surface area contributed by atoms with Crippen molar-refractivity contribution in [3.8, 4) is 0 Å². The van der Waals surface area contributed by atoms with Crippen molar-refractivity contribution in [2.24, 2.45) is 17.1 Å². The Kier molecular flexibility index (Phi) is 6.89. The molecular weight excluding hydrogens is 206 g/mol. The molecule has 0 aromatic heterocycles. The lowest BCUT2D eigenvalue weighted by Crippen LogP contribution is -2.41. The summed E-state index contributed by atoms with van der Waals surface area (Å²) in [7, 11) is 0. The van der Waals surface area contributed by atoms with E-state index in [-0.39, 0.29) is 18.1 Å². The first-order valence-electron chi connectivity index (χ1n) is 5.81. The third kappa shape index (κ3) is 5.79. The van der Waals surface area contributed by atoms with E-state index in [9.17, 15) is 0 Å². The topological polar surface area (TPSA) is 46.2 Å². The second-order valence-electron chi connectivity index (χ2n) is 5.48. The molecule has 3 heteroatoms. The molecule has 0 saturated carbocycles. The number of aliphatic hydroxyl groups excluding tert-OH is 1. The van der Waals surface area contributed by atoms with Crippen LogP contribution in [0.1, 0.15) is 41.0 Å². The molecule has 92 valence electrons. The summed E-state index contributed by atoms with van der Waals surface area (Å²) in [5.41, 5.74) is 6.38. The van der Waals surface area contributed by atoms with Crippen molar-refractivity contribution in [1.29, 1.82) is 0 Å². The quantitative estimate of drug-likeness (QED) is 0.741. The Labute approximate surface area is 99.0 Å². The molecule has 0 saturated heterocycles. The third-order valence-corrected chi connectivity index (χ3v) is 4.76. The van der Waals surface area contributed by atoms with Gasteiger partial charge in [0.2, 0.25) is 0 Å². The fourth-order valence-electron chi connectivity index (χ4n) is 1.55. The summed E-state index contributed by atoms with van der Waals surface area (Å²) in [5, 5.41) is 9.47. The van der Waals surface area contributed by atoms with Gasteiger partial charge in [0.1, 0.15) is 0 Å². The minimum absolute atomic E-state index is 0.231. The molecule has 0 aliphatic heterocycles. The van der Waals surface area contributed by atoms with Crippen molar-refractivity contribution in [2.75, 3.05) is 12.4 Å². The lowest BCUT2D eigenvalue weighted by molar-refractivity contribution is 0.250. The summed E-state index contributed by atoms with van der Waals surface area (Å²) in [6.45, 7) is 11.2. The van der Waals surface area contributed by atoms with Gasteiger partial charge in [-0.25, -0.2) is 0 Å². The Hall–Kier alpha value is 0.270. The van der Waals surface area contributed by atoms with Gasteiger partial charge in [-0.3, -0.25) is 0 Å². The molecule has 3 atom stereocenters. The molecule has 0 aliphatic carbocycles. The van der Waals surface area contributed by atoms with Crippen LogP contribution in [0, 0.1) is 11.3 Å². The van der Waals surface area contributed by atoms with Crippen LogP contribution in [0.25, 0.3) is 0 Å². The van der Waals surface area contributed by atoms with Gasteiger partial charge in [0, 0.05) is 17.9 Å². The first-order valence-corrected chi connectivity index (χ1v) is 6.85. The molecule has 0 amide bonds. The average Bonchev–Trinajstić information content (AvgIpc) is 2.15. The van der Waals surface area contributed by atoms with Gasteiger partial charge in [-0.1, -0.05) is 34.6 Å². The van der Waals surface area contributed by atoms with E-state index in [2.05, 4.69) is 34.6 Å². The summed E-state index contributed by atoms with van der Waals surface area (Å²) in [5.74, 6) is 1.36. The van der Waals surface area contributed by atoms with Crippen molar-refractivity contribution in [1.82, 2.24) is 0 Å². The van der Waals surface area contributed by atoms with Gasteiger partial charge in [-0.05, 0) is 23.5 Å². The molecule has 0 aromatic rings. The highest BCUT2D eigenvalue weighted by molar-refractivity contribution is 8.00. The highest BCUT2D eigenvalue weighted by Gasteiger charge is 2.29. The minimum atomic E-state index is 0.231. The molecule has 0 fully saturated rings. The predicted octanol–water partition coefficient (Wildman–Crippen LogP) is 2.50.